The summed E-state index contributed by atoms with van der Waals surface area (Å²) in [6, 6.07) is 22.2. The molecule has 8 aliphatic heterocycles. The molecule has 4 aromatic carbocycles. The summed E-state index contributed by atoms with van der Waals surface area (Å²) < 4.78 is 31.2. The number of aliphatic hydroxyl groups excluding tert-OH is 2. The molecule has 632 valence electrons. The van der Waals surface area contributed by atoms with Gasteiger partial charge in [0.15, 0.2) is 22.6 Å². The molecular formula is C84H94Cl8N22O6. The van der Waals surface area contributed by atoms with E-state index in [2.05, 4.69) is 87.6 Å². The van der Waals surface area contributed by atoms with Crippen molar-refractivity contribution in [1.82, 2.24) is 67.9 Å². The van der Waals surface area contributed by atoms with E-state index in [-0.39, 0.29) is 83.5 Å². The molecule has 0 unspecified atom stereocenters. The van der Waals surface area contributed by atoms with Crippen LogP contribution in [-0.2, 0) is 32.2 Å². The quantitative estimate of drug-likeness (QED) is 0.0741. The van der Waals surface area contributed by atoms with Crippen molar-refractivity contribution in [3.05, 3.63) is 174 Å². The Morgan fingerprint density at radius 3 is 0.850 bits per heavy atom. The highest BCUT2D eigenvalue weighted by atomic mass is 35.5. The molecule has 8 aromatic heterocycles. The lowest BCUT2D eigenvalue weighted by Crippen LogP contribution is -2.51. The summed E-state index contributed by atoms with van der Waals surface area (Å²) in [5.74, 6) is 3.72. The number of imidazole rings is 2. The van der Waals surface area contributed by atoms with E-state index < -0.39 is 0 Å². The Hall–Kier alpha value is -7.66. The Kier molecular flexibility index (Phi) is 24.3. The highest BCUT2D eigenvalue weighted by Crippen LogP contribution is 2.49. The number of nitrogens with zero attached hydrogens (tertiary/aromatic N) is 18. The molecule has 12 aromatic rings. The first kappa shape index (κ1) is 84.5. The number of piperidine rings is 4. The highest BCUT2D eigenvalue weighted by Gasteiger charge is 2.52. The first-order chi connectivity index (χ1) is 57.9. The molecule has 0 saturated carbocycles. The fourth-order valence-electron chi connectivity index (χ4n) is 19.0. The average Bonchev–Trinajstić information content (AvgIpc) is 1.38. The summed E-state index contributed by atoms with van der Waals surface area (Å²) >= 11 is 50.6. The maximum absolute atomic E-state index is 9.96. The predicted octanol–water partition coefficient (Wildman–Crippen LogP) is 13.9. The van der Waals surface area contributed by atoms with Crippen LogP contribution in [0.2, 0.25) is 40.2 Å². The smallest absolute Gasteiger partial charge is 0.188 e. The largest absolute Gasteiger partial charge is 0.390 e. The van der Waals surface area contributed by atoms with E-state index in [1.54, 1.807) is 49.3 Å². The Morgan fingerprint density at radius 1 is 0.350 bits per heavy atom. The summed E-state index contributed by atoms with van der Waals surface area (Å²) in [6.07, 6.45) is 22.3. The van der Waals surface area contributed by atoms with E-state index in [0.29, 0.717) is 108 Å². The van der Waals surface area contributed by atoms with E-state index in [9.17, 15) is 10.2 Å². The molecule has 28 nitrogen and oxygen atoms in total. The van der Waals surface area contributed by atoms with Crippen molar-refractivity contribution in [3.8, 4) is 45.0 Å². The Bertz CT molecular complexity index is 5420. The van der Waals surface area contributed by atoms with Crippen LogP contribution in [-0.4, -0.2) is 205 Å². The molecule has 36 heteroatoms. The van der Waals surface area contributed by atoms with E-state index in [0.717, 1.165) is 165 Å². The number of nitrogens with two attached hydrogens (primary N) is 4. The van der Waals surface area contributed by atoms with Gasteiger partial charge in [0.25, 0.3) is 0 Å². The third-order valence-corrected chi connectivity index (χ3v) is 29.9. The number of hydrogen-bond donors (Lipinski definition) is 6. The summed E-state index contributed by atoms with van der Waals surface area (Å²) in [5, 5.41) is 40.4. The van der Waals surface area contributed by atoms with Crippen LogP contribution in [0.3, 0.4) is 0 Å². The second kappa shape index (κ2) is 34.5. The Labute approximate surface area is 733 Å². The zero-order valence-corrected chi connectivity index (χ0v) is 72.7. The summed E-state index contributed by atoms with van der Waals surface area (Å²) in [7, 11) is 0. The molecule has 0 aliphatic carbocycles. The summed E-state index contributed by atoms with van der Waals surface area (Å²) in [6.45, 7) is 17.8. The van der Waals surface area contributed by atoms with Gasteiger partial charge in [-0.2, -0.15) is 0 Å². The first-order valence-corrected chi connectivity index (χ1v) is 43.5. The van der Waals surface area contributed by atoms with E-state index in [4.69, 9.17) is 145 Å². The van der Waals surface area contributed by atoms with Gasteiger partial charge in [-0.3, -0.25) is 17.6 Å². The molecule has 120 heavy (non-hydrogen) atoms. The number of ether oxygens (including phenoxy) is 4. The third kappa shape index (κ3) is 15.2. The van der Waals surface area contributed by atoms with Crippen LogP contribution in [0.4, 0.5) is 23.3 Å². The van der Waals surface area contributed by atoms with Crippen molar-refractivity contribution in [2.45, 2.75) is 141 Å². The SMILES string of the molecule is C[C@@H]1OCC2(CCN(c3cnc(-c4cccc(Cl)c4Cl)c4ncc(CO)n34)CC2)[C@@H]1N.C[C@@H]1OCC2(CCN(c3cnc(-c4cccc(Cl)c4Cl)c4ncc(CO)n34)CC2)[C@@H]1N.C[C@@H]1OCC2(CCN(c3cnc(-c4cccc(Cl)c4Cl)c4nncn34)CC2)[C@@H]1N.C[C@@H]1OCC2(CCN(c3cnc(-c4cccc(Cl)c4Cl)c4nncn34)CC2)[C@@H]1N. The molecule has 8 aliphatic rings. The number of hydrogen-bond acceptors (Lipinski definition) is 24. The van der Waals surface area contributed by atoms with Gasteiger partial charge in [0.2, 0.25) is 0 Å². The van der Waals surface area contributed by atoms with Gasteiger partial charge in [0.1, 0.15) is 58.7 Å². The van der Waals surface area contributed by atoms with Crippen molar-refractivity contribution in [2.24, 2.45) is 44.6 Å². The van der Waals surface area contributed by atoms with Gasteiger partial charge in [-0.15, -0.1) is 20.4 Å². The van der Waals surface area contributed by atoms with Crippen LogP contribution in [0.25, 0.3) is 67.6 Å². The van der Waals surface area contributed by atoms with Gasteiger partial charge in [-0.1, -0.05) is 141 Å². The standard InChI is InChI=1S/2C22H25Cl2N5O2.2C20H22Cl2N6O/c2*1-13-20(25)22(12-31-13)5-7-28(8-6-22)17-10-26-19(15-3-2-4-16(23)18(15)24)21-27-9-14(11-30)29(17)21;2*1-12-18(23)20(10-29-12)5-7-27(8-6-20)15-9-24-17(19-26-25-11-28(15)19)13-3-2-4-14(21)16(13)22/h2*2-4,9-10,13,20,30H,5-8,11-12,25H2,1H3;2*2-4,9,11-12,18H,5-8,10,23H2,1H3/t2*13-,20+;2*12-,18+/m0000/s1. The molecule has 0 amide bonds. The zero-order valence-electron chi connectivity index (χ0n) is 66.6. The fraction of sp³-hybridized carbons (Fsp3) is 0.452. The van der Waals surface area contributed by atoms with Gasteiger partial charge in [0.05, 0.1) is 153 Å². The molecule has 16 heterocycles. The second-order valence-electron chi connectivity index (χ2n) is 33.0. The van der Waals surface area contributed by atoms with Gasteiger partial charge >= 0.3 is 0 Å². The Balaban J connectivity index is 0.000000114. The lowest BCUT2D eigenvalue weighted by atomic mass is 9.73. The van der Waals surface area contributed by atoms with Gasteiger partial charge < -0.3 is 71.7 Å². The van der Waals surface area contributed by atoms with Gasteiger partial charge in [-0.05, 0) is 103 Å². The van der Waals surface area contributed by atoms with Crippen molar-refractivity contribution in [3.63, 3.8) is 0 Å². The average molecular weight is 1790 g/mol. The minimum atomic E-state index is -0.130. The normalized spacial score (nSPS) is 23.6. The van der Waals surface area contributed by atoms with Crippen molar-refractivity contribution in [2.75, 3.05) is 98.4 Å². The summed E-state index contributed by atoms with van der Waals surface area (Å²) in [4.78, 5) is 37.1. The van der Waals surface area contributed by atoms with E-state index in [1.807, 2.05) is 90.9 Å². The number of fused-ring (bicyclic) bond motifs is 4. The number of anilines is 4. The fourth-order valence-corrected chi connectivity index (χ4v) is 20.5. The van der Waals surface area contributed by atoms with Gasteiger partial charge in [-0.25, -0.2) is 29.9 Å². The molecular weight excluding hydrogens is 1700 g/mol. The van der Waals surface area contributed by atoms with Crippen LogP contribution in [0.15, 0.2) is 123 Å². The van der Waals surface area contributed by atoms with Crippen LogP contribution < -0.4 is 42.5 Å². The second-order valence-corrected chi connectivity index (χ2v) is 36.2. The summed E-state index contributed by atoms with van der Waals surface area (Å²) in [5.41, 5.74) is 35.5. The molecule has 20 rings (SSSR count). The van der Waals surface area contributed by atoms with Crippen LogP contribution >= 0.6 is 92.8 Å². The molecule has 10 N–H and O–H groups in total. The maximum atomic E-state index is 9.96. The molecule has 0 radical (unpaired) electrons. The van der Waals surface area contributed by atoms with Crippen LogP contribution in [0.5, 0.6) is 0 Å². The third-order valence-electron chi connectivity index (χ3n) is 26.7. The highest BCUT2D eigenvalue weighted by molar-refractivity contribution is 6.45. The topological polar surface area (TPSA) is 341 Å². The molecule has 8 atom stereocenters. The zero-order chi connectivity index (χ0) is 83.8. The minimum absolute atomic E-state index is 0.0332. The van der Waals surface area contributed by atoms with Crippen LogP contribution in [0.1, 0.15) is 90.4 Å². The van der Waals surface area contributed by atoms with Crippen LogP contribution in [0, 0.1) is 21.7 Å². The number of rotatable bonds is 10. The number of aromatic nitrogens is 14. The number of aliphatic hydroxyl groups is 2. The number of benzene rings is 4. The van der Waals surface area contributed by atoms with E-state index in [1.165, 1.54) is 0 Å². The molecule has 8 fully saturated rings. The van der Waals surface area contributed by atoms with E-state index >= 15 is 0 Å². The Morgan fingerprint density at radius 2 is 0.600 bits per heavy atom. The minimum Gasteiger partial charge on any atom is -0.390 e. The first-order valence-electron chi connectivity index (χ1n) is 40.5. The molecule has 8 saturated heterocycles. The predicted molar refractivity (Wildman–Crippen MR) is 470 cm³/mol. The van der Waals surface area contributed by atoms with Crippen molar-refractivity contribution in [1.29, 1.82) is 0 Å². The lowest BCUT2D eigenvalue weighted by molar-refractivity contribution is 0.0973. The van der Waals surface area contributed by atoms with Gasteiger partial charge in [0, 0.05) is 120 Å². The lowest BCUT2D eigenvalue weighted by Gasteiger charge is -2.42. The monoisotopic (exact) mass is 1790 g/mol. The molecule has 0 bridgehead atoms. The maximum Gasteiger partial charge on any atom is 0.188 e. The number of halogens is 8. The van der Waals surface area contributed by atoms with Crippen molar-refractivity contribution < 1.29 is 29.2 Å². The molecule has 4 spiro atoms. The van der Waals surface area contributed by atoms with Crippen molar-refractivity contribution >= 4 is 139 Å².